The highest BCUT2D eigenvalue weighted by Gasteiger charge is 2.05. The van der Waals surface area contributed by atoms with Crippen molar-refractivity contribution in [3.05, 3.63) is 77.4 Å². The molecule has 98 valence electrons. The van der Waals surface area contributed by atoms with Gasteiger partial charge in [-0.15, -0.1) is 0 Å². The summed E-state index contributed by atoms with van der Waals surface area (Å²) in [7, 11) is 0. The predicted octanol–water partition coefficient (Wildman–Crippen LogP) is 5.38. The number of aromatic nitrogens is 1. The summed E-state index contributed by atoms with van der Waals surface area (Å²) >= 11 is 5.93. The Morgan fingerprint density at radius 1 is 0.750 bits per heavy atom. The molecule has 1 nitrogen and oxygen atoms in total. The Kier molecular flexibility index (Phi) is 3.53. The molecular formula is C18H14ClN. The lowest BCUT2D eigenvalue weighted by Gasteiger charge is -2.08. The Labute approximate surface area is 123 Å². The van der Waals surface area contributed by atoms with E-state index in [2.05, 4.69) is 24.3 Å². The third-order valence-electron chi connectivity index (χ3n) is 3.31. The standard InChI is InChI=1S/C18H14ClN/c1-13-17(14-7-9-16(19)10-8-14)11-12-18(20-13)15-5-3-2-4-6-15/h2-12H,1H3. The van der Waals surface area contributed by atoms with Crippen molar-refractivity contribution in [3.63, 3.8) is 0 Å². The molecule has 1 heterocycles. The van der Waals surface area contributed by atoms with Crippen LogP contribution in [-0.2, 0) is 0 Å². The number of aryl methyl sites for hydroxylation is 1. The second-order valence-corrected chi connectivity index (χ2v) is 5.14. The summed E-state index contributed by atoms with van der Waals surface area (Å²) in [6, 6.07) is 22.2. The minimum absolute atomic E-state index is 0.750. The molecule has 2 heteroatoms. The molecule has 0 aliphatic rings. The van der Waals surface area contributed by atoms with Gasteiger partial charge in [-0.3, -0.25) is 4.98 Å². The number of halogens is 1. The van der Waals surface area contributed by atoms with Crippen LogP contribution in [0.5, 0.6) is 0 Å². The lowest BCUT2D eigenvalue weighted by molar-refractivity contribution is 1.21. The van der Waals surface area contributed by atoms with Gasteiger partial charge in [0, 0.05) is 21.8 Å². The minimum Gasteiger partial charge on any atom is -0.252 e. The fourth-order valence-electron chi connectivity index (χ4n) is 2.27. The van der Waals surface area contributed by atoms with E-state index in [9.17, 15) is 0 Å². The van der Waals surface area contributed by atoms with Gasteiger partial charge in [-0.1, -0.05) is 60.1 Å². The molecule has 1 aromatic heterocycles. The summed E-state index contributed by atoms with van der Waals surface area (Å²) in [5.74, 6) is 0. The highest BCUT2D eigenvalue weighted by Crippen LogP contribution is 2.26. The summed E-state index contributed by atoms with van der Waals surface area (Å²) in [5.41, 5.74) is 5.44. The van der Waals surface area contributed by atoms with Crippen molar-refractivity contribution >= 4 is 11.6 Å². The van der Waals surface area contributed by atoms with Gasteiger partial charge < -0.3 is 0 Å². The van der Waals surface area contributed by atoms with Gasteiger partial charge in [-0.05, 0) is 30.7 Å². The van der Waals surface area contributed by atoms with Crippen molar-refractivity contribution in [2.24, 2.45) is 0 Å². The van der Waals surface area contributed by atoms with E-state index in [0.29, 0.717) is 0 Å². The maximum absolute atomic E-state index is 5.93. The van der Waals surface area contributed by atoms with Crippen molar-refractivity contribution in [1.29, 1.82) is 0 Å². The van der Waals surface area contributed by atoms with E-state index in [1.807, 2.05) is 49.4 Å². The van der Waals surface area contributed by atoms with Crippen molar-refractivity contribution in [2.75, 3.05) is 0 Å². The van der Waals surface area contributed by atoms with Gasteiger partial charge in [0.25, 0.3) is 0 Å². The first-order valence-electron chi connectivity index (χ1n) is 6.53. The molecule has 0 aliphatic heterocycles. The molecule has 3 aromatic rings. The summed E-state index contributed by atoms with van der Waals surface area (Å²) in [6.07, 6.45) is 0. The summed E-state index contributed by atoms with van der Waals surface area (Å²) in [5, 5.41) is 0.750. The van der Waals surface area contributed by atoms with Gasteiger partial charge >= 0.3 is 0 Å². The molecule has 0 saturated heterocycles. The molecule has 0 aliphatic carbocycles. The summed E-state index contributed by atoms with van der Waals surface area (Å²) in [4.78, 5) is 4.71. The van der Waals surface area contributed by atoms with Gasteiger partial charge in [0.1, 0.15) is 0 Å². The quantitative estimate of drug-likeness (QED) is 0.614. The average Bonchev–Trinajstić information content (AvgIpc) is 2.49. The molecular weight excluding hydrogens is 266 g/mol. The second-order valence-electron chi connectivity index (χ2n) is 4.70. The lowest BCUT2D eigenvalue weighted by Crippen LogP contribution is -1.91. The number of nitrogens with zero attached hydrogens (tertiary/aromatic N) is 1. The maximum atomic E-state index is 5.93. The van der Waals surface area contributed by atoms with Crippen LogP contribution in [0.2, 0.25) is 5.02 Å². The molecule has 0 unspecified atom stereocenters. The van der Waals surface area contributed by atoms with E-state index in [-0.39, 0.29) is 0 Å². The Bertz CT molecular complexity index is 718. The number of hydrogen-bond donors (Lipinski definition) is 0. The molecule has 0 amide bonds. The lowest BCUT2D eigenvalue weighted by atomic mass is 10.0. The zero-order valence-electron chi connectivity index (χ0n) is 11.2. The SMILES string of the molecule is Cc1nc(-c2ccccc2)ccc1-c1ccc(Cl)cc1. The summed E-state index contributed by atoms with van der Waals surface area (Å²) in [6.45, 7) is 2.04. The molecule has 0 spiro atoms. The van der Waals surface area contributed by atoms with Crippen LogP contribution < -0.4 is 0 Å². The monoisotopic (exact) mass is 279 g/mol. The van der Waals surface area contributed by atoms with Crippen LogP contribution in [-0.4, -0.2) is 4.98 Å². The van der Waals surface area contributed by atoms with Crippen LogP contribution >= 0.6 is 11.6 Å². The molecule has 0 radical (unpaired) electrons. The van der Waals surface area contributed by atoms with Gasteiger partial charge in [-0.25, -0.2) is 0 Å². The second kappa shape index (κ2) is 5.48. The third kappa shape index (κ3) is 2.59. The predicted molar refractivity (Wildman–Crippen MR) is 84.9 cm³/mol. The van der Waals surface area contributed by atoms with E-state index in [4.69, 9.17) is 16.6 Å². The highest BCUT2D eigenvalue weighted by atomic mass is 35.5. The Hall–Kier alpha value is -2.12. The number of rotatable bonds is 2. The van der Waals surface area contributed by atoms with Gasteiger partial charge in [0.15, 0.2) is 0 Å². The number of hydrogen-bond acceptors (Lipinski definition) is 1. The average molecular weight is 280 g/mol. The molecule has 0 atom stereocenters. The summed E-state index contributed by atoms with van der Waals surface area (Å²) < 4.78 is 0. The third-order valence-corrected chi connectivity index (χ3v) is 3.56. The Balaban J connectivity index is 2.02. The van der Waals surface area contributed by atoms with Crippen LogP contribution in [0.1, 0.15) is 5.69 Å². The van der Waals surface area contributed by atoms with E-state index in [1.165, 1.54) is 0 Å². The minimum atomic E-state index is 0.750. The van der Waals surface area contributed by atoms with Gasteiger partial charge in [0.2, 0.25) is 0 Å². The van der Waals surface area contributed by atoms with Crippen LogP contribution in [0, 0.1) is 6.92 Å². The first kappa shape index (κ1) is 12.9. The molecule has 0 saturated carbocycles. The Morgan fingerprint density at radius 3 is 2.10 bits per heavy atom. The van der Waals surface area contributed by atoms with Crippen LogP contribution in [0.3, 0.4) is 0 Å². The fourth-order valence-corrected chi connectivity index (χ4v) is 2.39. The van der Waals surface area contributed by atoms with Crippen LogP contribution in [0.15, 0.2) is 66.7 Å². The van der Waals surface area contributed by atoms with E-state index in [0.717, 1.165) is 33.1 Å². The van der Waals surface area contributed by atoms with Crippen molar-refractivity contribution in [3.8, 4) is 22.4 Å². The zero-order valence-corrected chi connectivity index (χ0v) is 11.9. The van der Waals surface area contributed by atoms with Crippen LogP contribution in [0.25, 0.3) is 22.4 Å². The smallest absolute Gasteiger partial charge is 0.0705 e. The molecule has 3 rings (SSSR count). The molecule has 2 aromatic carbocycles. The van der Waals surface area contributed by atoms with Gasteiger partial charge in [0.05, 0.1) is 5.69 Å². The number of benzene rings is 2. The van der Waals surface area contributed by atoms with Crippen molar-refractivity contribution in [1.82, 2.24) is 4.98 Å². The van der Waals surface area contributed by atoms with E-state index < -0.39 is 0 Å². The largest absolute Gasteiger partial charge is 0.252 e. The molecule has 0 N–H and O–H groups in total. The molecule has 0 fully saturated rings. The first-order chi connectivity index (χ1) is 9.74. The highest BCUT2D eigenvalue weighted by molar-refractivity contribution is 6.30. The van der Waals surface area contributed by atoms with E-state index in [1.54, 1.807) is 0 Å². The van der Waals surface area contributed by atoms with Crippen LogP contribution in [0.4, 0.5) is 0 Å². The normalized spacial score (nSPS) is 10.5. The fraction of sp³-hybridized carbons (Fsp3) is 0.0556. The molecule has 0 bridgehead atoms. The van der Waals surface area contributed by atoms with Gasteiger partial charge in [-0.2, -0.15) is 0 Å². The number of pyridine rings is 1. The van der Waals surface area contributed by atoms with Crippen molar-refractivity contribution < 1.29 is 0 Å². The topological polar surface area (TPSA) is 12.9 Å². The van der Waals surface area contributed by atoms with Crippen molar-refractivity contribution in [2.45, 2.75) is 6.92 Å². The zero-order chi connectivity index (χ0) is 13.9. The first-order valence-corrected chi connectivity index (χ1v) is 6.91. The molecule has 20 heavy (non-hydrogen) atoms. The Morgan fingerprint density at radius 2 is 1.45 bits per heavy atom. The van der Waals surface area contributed by atoms with E-state index >= 15 is 0 Å². The maximum Gasteiger partial charge on any atom is 0.0705 e.